The summed E-state index contributed by atoms with van der Waals surface area (Å²) in [6.07, 6.45) is 3.84. The quantitative estimate of drug-likeness (QED) is 0.761. The van der Waals surface area contributed by atoms with Gasteiger partial charge >= 0.3 is 0 Å². The Kier molecular flexibility index (Phi) is 4.64. The summed E-state index contributed by atoms with van der Waals surface area (Å²) in [5.41, 5.74) is 3.65. The van der Waals surface area contributed by atoms with Crippen molar-refractivity contribution in [2.24, 2.45) is 0 Å². The van der Waals surface area contributed by atoms with Crippen molar-refractivity contribution in [1.29, 1.82) is 0 Å². The van der Waals surface area contributed by atoms with Crippen molar-refractivity contribution in [2.45, 2.75) is 19.4 Å². The van der Waals surface area contributed by atoms with Crippen molar-refractivity contribution in [3.05, 3.63) is 65.9 Å². The normalized spacial score (nSPS) is 13.2. The summed E-state index contributed by atoms with van der Waals surface area (Å²) in [4.78, 5) is 6.80. The number of anilines is 3. The van der Waals surface area contributed by atoms with Crippen molar-refractivity contribution in [1.82, 2.24) is 15.2 Å². The number of nitrogens with zero attached hydrogens (tertiary/aromatic N) is 4. The van der Waals surface area contributed by atoms with Crippen LogP contribution in [0.5, 0.6) is 5.75 Å². The van der Waals surface area contributed by atoms with Gasteiger partial charge in [-0.25, -0.2) is 0 Å². The lowest BCUT2D eigenvalue weighted by atomic mass is 10.0. The fourth-order valence-electron chi connectivity index (χ4n) is 3.17. The molecule has 0 atom stereocenters. The molecule has 2 aromatic carbocycles. The zero-order valence-electron chi connectivity index (χ0n) is 14.7. The number of methoxy groups -OCH3 is 1. The van der Waals surface area contributed by atoms with Crippen LogP contribution in [0.2, 0.25) is 0 Å². The molecule has 6 heteroatoms. The highest BCUT2D eigenvalue weighted by molar-refractivity contribution is 5.63. The Morgan fingerprint density at radius 1 is 1.12 bits per heavy atom. The second kappa shape index (κ2) is 7.39. The Labute approximate surface area is 152 Å². The van der Waals surface area contributed by atoms with Gasteiger partial charge < -0.3 is 15.0 Å². The number of para-hydroxylation sites is 1. The molecule has 4 rings (SSSR count). The Morgan fingerprint density at radius 3 is 2.81 bits per heavy atom. The first-order valence-corrected chi connectivity index (χ1v) is 8.75. The van der Waals surface area contributed by atoms with Gasteiger partial charge in [-0.1, -0.05) is 30.3 Å². The van der Waals surface area contributed by atoms with E-state index in [1.165, 1.54) is 11.3 Å². The highest BCUT2D eigenvalue weighted by atomic mass is 16.5. The molecule has 0 amide bonds. The van der Waals surface area contributed by atoms with E-state index in [0.717, 1.165) is 30.7 Å². The van der Waals surface area contributed by atoms with E-state index in [9.17, 15) is 0 Å². The van der Waals surface area contributed by atoms with E-state index < -0.39 is 0 Å². The average molecular weight is 347 g/mol. The minimum Gasteiger partial charge on any atom is -0.497 e. The molecule has 0 unspecified atom stereocenters. The van der Waals surface area contributed by atoms with Crippen molar-refractivity contribution in [2.75, 3.05) is 23.9 Å². The van der Waals surface area contributed by atoms with Gasteiger partial charge in [-0.2, -0.15) is 10.1 Å². The molecule has 1 aromatic heterocycles. The van der Waals surface area contributed by atoms with Crippen LogP contribution in [-0.2, 0) is 13.0 Å². The third-order valence-corrected chi connectivity index (χ3v) is 4.53. The van der Waals surface area contributed by atoms with Crippen LogP contribution in [0.1, 0.15) is 17.5 Å². The van der Waals surface area contributed by atoms with Gasteiger partial charge in [0.05, 0.1) is 13.3 Å². The molecule has 0 bridgehead atoms. The SMILES string of the molecule is COc1ccc(CNc2cnnc(N3CCCc4ccccc43)n2)cc1. The van der Waals surface area contributed by atoms with Crippen LogP contribution < -0.4 is 15.0 Å². The van der Waals surface area contributed by atoms with Crippen LogP contribution in [0.3, 0.4) is 0 Å². The van der Waals surface area contributed by atoms with Crippen LogP contribution in [-0.4, -0.2) is 28.8 Å². The van der Waals surface area contributed by atoms with E-state index in [2.05, 4.69) is 49.7 Å². The summed E-state index contributed by atoms with van der Waals surface area (Å²) in [6.45, 7) is 1.57. The molecule has 0 spiro atoms. The average Bonchev–Trinajstić information content (AvgIpc) is 2.72. The fraction of sp³-hybridized carbons (Fsp3) is 0.250. The summed E-state index contributed by atoms with van der Waals surface area (Å²) in [6, 6.07) is 16.4. The minimum absolute atomic E-state index is 0.636. The first-order valence-electron chi connectivity index (χ1n) is 8.75. The number of ether oxygens (including phenoxy) is 1. The fourth-order valence-corrected chi connectivity index (χ4v) is 3.17. The van der Waals surface area contributed by atoms with Crippen LogP contribution >= 0.6 is 0 Å². The molecule has 6 nitrogen and oxygen atoms in total. The summed E-state index contributed by atoms with van der Waals surface area (Å²) in [5.74, 6) is 2.20. The van der Waals surface area contributed by atoms with E-state index >= 15 is 0 Å². The molecule has 0 radical (unpaired) electrons. The lowest BCUT2D eigenvalue weighted by Crippen LogP contribution is -2.26. The van der Waals surface area contributed by atoms with Crippen LogP contribution in [0, 0.1) is 0 Å². The van der Waals surface area contributed by atoms with E-state index in [1.54, 1.807) is 13.3 Å². The topological polar surface area (TPSA) is 63.2 Å². The van der Waals surface area contributed by atoms with Gasteiger partial charge in [-0.3, -0.25) is 0 Å². The number of hydrogen-bond acceptors (Lipinski definition) is 6. The van der Waals surface area contributed by atoms with Crippen LogP contribution in [0.25, 0.3) is 0 Å². The maximum absolute atomic E-state index is 5.19. The third-order valence-electron chi connectivity index (χ3n) is 4.53. The first kappa shape index (κ1) is 16.3. The second-order valence-electron chi connectivity index (χ2n) is 6.23. The smallest absolute Gasteiger partial charge is 0.251 e. The van der Waals surface area contributed by atoms with Gasteiger partial charge in [0.1, 0.15) is 5.75 Å². The van der Waals surface area contributed by atoms with Crippen molar-refractivity contribution in [3.63, 3.8) is 0 Å². The maximum Gasteiger partial charge on any atom is 0.251 e. The predicted molar refractivity (Wildman–Crippen MR) is 102 cm³/mol. The Hall–Kier alpha value is -3.15. The molecule has 3 aromatic rings. The maximum atomic E-state index is 5.19. The number of benzene rings is 2. The molecule has 2 heterocycles. The molecule has 1 aliphatic heterocycles. The van der Waals surface area contributed by atoms with Crippen LogP contribution in [0.4, 0.5) is 17.5 Å². The number of aryl methyl sites for hydroxylation is 1. The third kappa shape index (κ3) is 3.44. The molecule has 0 saturated carbocycles. The summed E-state index contributed by atoms with van der Waals surface area (Å²) in [5, 5.41) is 11.7. The number of aromatic nitrogens is 3. The summed E-state index contributed by atoms with van der Waals surface area (Å²) < 4.78 is 5.19. The van der Waals surface area contributed by atoms with Crippen molar-refractivity contribution in [3.8, 4) is 5.75 Å². The molecular weight excluding hydrogens is 326 g/mol. The first-order chi connectivity index (χ1) is 12.8. The number of fused-ring (bicyclic) bond motifs is 1. The highest BCUT2D eigenvalue weighted by Crippen LogP contribution is 2.31. The number of rotatable bonds is 5. The minimum atomic E-state index is 0.636. The zero-order chi connectivity index (χ0) is 17.8. The van der Waals surface area contributed by atoms with Gasteiger partial charge in [0.25, 0.3) is 5.95 Å². The lowest BCUT2D eigenvalue weighted by Gasteiger charge is -2.29. The van der Waals surface area contributed by atoms with Crippen molar-refractivity contribution >= 4 is 17.5 Å². The van der Waals surface area contributed by atoms with Gasteiger partial charge in [-0.05, 0) is 42.2 Å². The summed E-state index contributed by atoms with van der Waals surface area (Å²) >= 11 is 0. The monoisotopic (exact) mass is 347 g/mol. The van der Waals surface area contributed by atoms with Gasteiger partial charge in [-0.15, -0.1) is 5.10 Å². The summed E-state index contributed by atoms with van der Waals surface area (Å²) in [7, 11) is 1.67. The molecule has 26 heavy (non-hydrogen) atoms. The number of hydrogen-bond donors (Lipinski definition) is 1. The Balaban J connectivity index is 1.50. The van der Waals surface area contributed by atoms with Crippen molar-refractivity contribution < 1.29 is 4.74 Å². The van der Waals surface area contributed by atoms with Gasteiger partial charge in [0.2, 0.25) is 0 Å². The Bertz CT molecular complexity index is 881. The zero-order valence-corrected chi connectivity index (χ0v) is 14.7. The second-order valence-corrected chi connectivity index (χ2v) is 6.23. The van der Waals surface area contributed by atoms with E-state index in [-0.39, 0.29) is 0 Å². The standard InChI is InChI=1S/C20H21N5O/c1-26-17-10-8-15(9-11-17)13-21-19-14-22-24-20(23-19)25-12-4-6-16-5-2-3-7-18(16)25/h2-3,5,7-11,14H,4,6,12-13H2,1H3,(H,21,23,24). The molecule has 1 N–H and O–H groups in total. The molecular formula is C20H21N5O. The molecule has 1 aliphatic rings. The Morgan fingerprint density at radius 2 is 1.96 bits per heavy atom. The molecule has 0 aliphatic carbocycles. The predicted octanol–water partition coefficient (Wildman–Crippen LogP) is 3.58. The molecule has 0 saturated heterocycles. The van der Waals surface area contributed by atoms with Gasteiger partial charge in [0.15, 0.2) is 5.82 Å². The molecule has 0 fully saturated rings. The number of nitrogens with one attached hydrogen (secondary N) is 1. The van der Waals surface area contributed by atoms with Crippen LogP contribution in [0.15, 0.2) is 54.7 Å². The lowest BCUT2D eigenvalue weighted by molar-refractivity contribution is 0.414. The van der Waals surface area contributed by atoms with E-state index in [4.69, 9.17) is 4.74 Å². The van der Waals surface area contributed by atoms with Gasteiger partial charge in [0, 0.05) is 18.8 Å². The molecule has 132 valence electrons. The van der Waals surface area contributed by atoms with E-state index in [0.29, 0.717) is 18.3 Å². The van der Waals surface area contributed by atoms with E-state index in [1.807, 2.05) is 24.3 Å². The largest absolute Gasteiger partial charge is 0.497 e. The highest BCUT2D eigenvalue weighted by Gasteiger charge is 2.20.